The third-order valence-electron chi connectivity index (χ3n) is 9.77. The molecule has 0 saturated carbocycles. The zero-order valence-electron chi connectivity index (χ0n) is 26.4. The zero-order valence-corrected chi connectivity index (χ0v) is 27.1. The van der Waals surface area contributed by atoms with Gasteiger partial charge < -0.3 is 24.2 Å². The van der Waals surface area contributed by atoms with Gasteiger partial charge in [0.25, 0.3) is 0 Å². The van der Waals surface area contributed by atoms with Gasteiger partial charge >= 0.3 is 6.01 Å². The van der Waals surface area contributed by atoms with Crippen LogP contribution in [0.3, 0.4) is 0 Å². The number of carbonyl (C=O) groups excluding carboxylic acids is 1. The van der Waals surface area contributed by atoms with Gasteiger partial charge in [0.15, 0.2) is 0 Å². The maximum Gasteiger partial charge on any atom is 0.318 e. The number of allylic oxidation sites excluding steroid dienone is 1. The van der Waals surface area contributed by atoms with Crippen LogP contribution < -0.4 is 14.5 Å². The molecular formula is C35H39ClFN7O3. The molecule has 1 amide bonds. The van der Waals surface area contributed by atoms with Crippen molar-refractivity contribution >= 4 is 39.8 Å². The van der Waals surface area contributed by atoms with Crippen LogP contribution in [0.2, 0.25) is 5.02 Å². The van der Waals surface area contributed by atoms with Crippen LogP contribution in [0.1, 0.15) is 30.5 Å². The van der Waals surface area contributed by atoms with Gasteiger partial charge in [-0.15, -0.1) is 0 Å². The fourth-order valence-corrected chi connectivity index (χ4v) is 7.78. The molecular weight excluding hydrogens is 621 g/mol. The van der Waals surface area contributed by atoms with Crippen molar-refractivity contribution in [3.05, 3.63) is 64.8 Å². The van der Waals surface area contributed by atoms with Crippen molar-refractivity contribution in [3.63, 3.8) is 0 Å². The number of alkyl halides is 1. The summed E-state index contributed by atoms with van der Waals surface area (Å²) >= 11 is 6.71. The van der Waals surface area contributed by atoms with Gasteiger partial charge in [-0.1, -0.05) is 35.9 Å². The van der Waals surface area contributed by atoms with Crippen LogP contribution in [0.25, 0.3) is 10.8 Å². The van der Waals surface area contributed by atoms with E-state index in [9.17, 15) is 14.4 Å². The molecule has 1 aromatic heterocycles. The summed E-state index contributed by atoms with van der Waals surface area (Å²) in [5.41, 5.74) is 3.02. The Labute approximate surface area is 279 Å². The SMILES string of the molecule is N#CCC1CN(c2nc(OCCCN3C[C@@H]4C[C@H]3CO4)nc3c2CCN(c2cccc4cccc(Cl)c24)C3)CCN1C(=O)/C=C/CF. The molecule has 4 aliphatic heterocycles. The second-order valence-electron chi connectivity index (χ2n) is 12.6. The number of hydrogen-bond acceptors (Lipinski definition) is 9. The maximum atomic E-state index is 12.8. The highest BCUT2D eigenvalue weighted by Gasteiger charge is 2.38. The minimum atomic E-state index is -0.708. The topological polar surface area (TPSA) is 98.1 Å². The summed E-state index contributed by atoms with van der Waals surface area (Å²) in [7, 11) is 0. The number of anilines is 2. The molecule has 3 fully saturated rings. The van der Waals surface area contributed by atoms with E-state index in [1.54, 1.807) is 4.90 Å². The van der Waals surface area contributed by atoms with Crippen molar-refractivity contribution in [3.8, 4) is 12.1 Å². The Balaban J connectivity index is 1.15. The molecule has 246 valence electrons. The molecule has 2 bridgehead atoms. The van der Waals surface area contributed by atoms with Gasteiger partial charge in [0, 0.05) is 68.0 Å². The predicted octanol–water partition coefficient (Wildman–Crippen LogP) is 4.54. The van der Waals surface area contributed by atoms with Crippen LogP contribution in [0.5, 0.6) is 6.01 Å². The lowest BCUT2D eigenvalue weighted by atomic mass is 10.0. The number of morpholine rings is 1. The summed E-state index contributed by atoms with van der Waals surface area (Å²) in [5, 5.41) is 12.4. The van der Waals surface area contributed by atoms with Crippen LogP contribution in [0.15, 0.2) is 48.6 Å². The van der Waals surface area contributed by atoms with E-state index in [1.807, 2.05) is 12.1 Å². The van der Waals surface area contributed by atoms with Gasteiger partial charge in [0.1, 0.15) is 12.5 Å². The van der Waals surface area contributed by atoms with Gasteiger partial charge in [-0.2, -0.15) is 15.2 Å². The monoisotopic (exact) mass is 659 g/mol. The van der Waals surface area contributed by atoms with Crippen molar-refractivity contribution in [2.24, 2.45) is 0 Å². The number of carbonyl (C=O) groups is 1. The first-order valence-corrected chi connectivity index (χ1v) is 16.9. The quantitative estimate of drug-likeness (QED) is 0.230. The first-order valence-electron chi connectivity index (χ1n) is 16.5. The van der Waals surface area contributed by atoms with Crippen molar-refractivity contribution in [2.75, 3.05) is 69.0 Å². The third kappa shape index (κ3) is 6.59. The summed E-state index contributed by atoms with van der Waals surface area (Å²) in [6.07, 6.45) is 5.69. The van der Waals surface area contributed by atoms with E-state index in [2.05, 4.69) is 45.0 Å². The number of likely N-dealkylation sites (tertiary alicyclic amines) is 1. The highest BCUT2D eigenvalue weighted by molar-refractivity contribution is 6.36. The van der Waals surface area contributed by atoms with Crippen LogP contribution in [-0.4, -0.2) is 103 Å². The van der Waals surface area contributed by atoms with E-state index in [-0.39, 0.29) is 18.4 Å². The lowest BCUT2D eigenvalue weighted by molar-refractivity contribution is -0.128. The summed E-state index contributed by atoms with van der Waals surface area (Å²) in [4.78, 5) is 31.4. The van der Waals surface area contributed by atoms with Crippen LogP contribution in [-0.2, 0) is 22.5 Å². The molecule has 3 atom stereocenters. The fourth-order valence-electron chi connectivity index (χ4n) is 7.50. The summed E-state index contributed by atoms with van der Waals surface area (Å²) in [6, 6.07) is 14.9. The summed E-state index contributed by atoms with van der Waals surface area (Å²) in [5.74, 6) is 0.516. The molecule has 0 aliphatic carbocycles. The van der Waals surface area contributed by atoms with Crippen molar-refractivity contribution in [2.45, 2.75) is 50.4 Å². The van der Waals surface area contributed by atoms with E-state index >= 15 is 0 Å². The number of fused-ring (bicyclic) bond motifs is 4. The number of nitriles is 1. The van der Waals surface area contributed by atoms with E-state index in [4.69, 9.17) is 31.0 Å². The molecule has 1 unspecified atom stereocenters. The van der Waals surface area contributed by atoms with E-state index in [0.717, 1.165) is 72.6 Å². The lowest BCUT2D eigenvalue weighted by Crippen LogP contribution is -2.55. The number of halogens is 2. The Morgan fingerprint density at radius 3 is 2.81 bits per heavy atom. The second kappa shape index (κ2) is 14.0. The minimum Gasteiger partial charge on any atom is -0.463 e. The molecule has 4 aliphatic rings. The number of ether oxygens (including phenoxy) is 2. The number of aromatic nitrogens is 2. The largest absolute Gasteiger partial charge is 0.463 e. The Morgan fingerprint density at radius 1 is 1.15 bits per heavy atom. The average Bonchev–Trinajstić information content (AvgIpc) is 3.72. The molecule has 12 heteroatoms. The van der Waals surface area contributed by atoms with Crippen molar-refractivity contribution in [1.29, 1.82) is 5.26 Å². The number of amides is 1. The number of rotatable bonds is 10. The minimum absolute atomic E-state index is 0.168. The summed E-state index contributed by atoms with van der Waals surface area (Å²) in [6.45, 7) is 5.23. The smallest absolute Gasteiger partial charge is 0.318 e. The fraction of sp³-hybridized carbons (Fsp3) is 0.486. The molecule has 7 rings (SSSR count). The Kier molecular flexibility index (Phi) is 9.43. The lowest BCUT2D eigenvalue weighted by Gasteiger charge is -2.42. The first-order chi connectivity index (χ1) is 23.0. The molecule has 0 N–H and O–H groups in total. The molecule has 47 heavy (non-hydrogen) atoms. The van der Waals surface area contributed by atoms with E-state index in [1.165, 1.54) is 12.2 Å². The zero-order chi connectivity index (χ0) is 32.3. The van der Waals surface area contributed by atoms with E-state index < -0.39 is 6.67 Å². The maximum absolute atomic E-state index is 12.8. The van der Waals surface area contributed by atoms with Crippen molar-refractivity contribution < 1.29 is 18.7 Å². The molecule has 3 aromatic rings. The Hall–Kier alpha value is -3.98. The second-order valence-corrected chi connectivity index (χ2v) is 13.0. The number of piperazine rings is 1. The first kappa shape index (κ1) is 31.6. The normalized spacial score (nSPS) is 22.7. The molecule has 0 radical (unpaired) electrons. The number of benzene rings is 2. The third-order valence-corrected chi connectivity index (χ3v) is 10.1. The van der Waals surface area contributed by atoms with Gasteiger partial charge in [0.05, 0.1) is 55.1 Å². The van der Waals surface area contributed by atoms with Gasteiger partial charge in [0.2, 0.25) is 5.91 Å². The average molecular weight is 660 g/mol. The van der Waals surface area contributed by atoms with Crippen LogP contribution in [0.4, 0.5) is 15.9 Å². The van der Waals surface area contributed by atoms with Gasteiger partial charge in [-0.05, 0) is 42.9 Å². The molecule has 10 nitrogen and oxygen atoms in total. The highest BCUT2D eigenvalue weighted by Crippen LogP contribution is 2.37. The number of nitrogens with zero attached hydrogens (tertiary/aromatic N) is 7. The molecule has 5 heterocycles. The molecule has 0 spiro atoms. The molecule has 2 aromatic carbocycles. The van der Waals surface area contributed by atoms with Crippen LogP contribution in [0, 0.1) is 11.3 Å². The Morgan fingerprint density at radius 2 is 2.02 bits per heavy atom. The van der Waals surface area contributed by atoms with Gasteiger partial charge in [-0.3, -0.25) is 9.69 Å². The molecule has 3 saturated heterocycles. The Bertz CT molecular complexity index is 1690. The summed E-state index contributed by atoms with van der Waals surface area (Å²) < 4.78 is 24.7. The van der Waals surface area contributed by atoms with Gasteiger partial charge in [-0.25, -0.2) is 4.39 Å². The van der Waals surface area contributed by atoms with Crippen LogP contribution >= 0.6 is 11.6 Å². The van der Waals surface area contributed by atoms with Crippen molar-refractivity contribution in [1.82, 2.24) is 19.8 Å². The predicted molar refractivity (Wildman–Crippen MR) is 179 cm³/mol. The standard InChI is InChI=1S/C35H39ClFN7O3/c36-29-7-1-5-24-6-2-8-31(33(24)29)42-15-11-28-30(22-42)39-35(46-18-4-14-41-21-27-19-26(41)23-47-27)40-34(28)43-16-17-44(25(20-43)10-13-38)32(45)9-3-12-37/h1-3,5-9,25-27H,4,10-12,14-23H2/b9-3+/t25?,26-,27-/m0/s1. The number of hydrogen-bond donors (Lipinski definition) is 0. The highest BCUT2D eigenvalue weighted by atomic mass is 35.5. The van der Waals surface area contributed by atoms with E-state index in [0.29, 0.717) is 62.4 Å².